The second-order valence-corrected chi connectivity index (χ2v) is 10.1. The summed E-state index contributed by atoms with van der Waals surface area (Å²) in [4.78, 5) is 18.0. The van der Waals surface area contributed by atoms with Crippen LogP contribution in [0.5, 0.6) is 5.75 Å². The number of amides is 1. The predicted molar refractivity (Wildman–Crippen MR) is 122 cm³/mol. The number of carbonyl (C=O) groups is 1. The van der Waals surface area contributed by atoms with Crippen LogP contribution in [0.25, 0.3) is 11.1 Å². The molecule has 1 amide bonds. The van der Waals surface area contributed by atoms with Gasteiger partial charge in [-0.25, -0.2) is 8.42 Å². The van der Waals surface area contributed by atoms with Gasteiger partial charge in [-0.15, -0.1) is 0 Å². The van der Waals surface area contributed by atoms with E-state index in [2.05, 4.69) is 4.98 Å². The SMILES string of the molecule is CCC(=O)N(C)C[C@H]1Oc2cc(-c3cccnc3)ccc2S(=O)(=O)N([C@@H](C)CO)C[C@H]1C. The number of sulfonamides is 1. The highest BCUT2D eigenvalue weighted by atomic mass is 32.2. The van der Waals surface area contributed by atoms with E-state index >= 15 is 0 Å². The van der Waals surface area contributed by atoms with Crippen LogP contribution in [0, 0.1) is 5.92 Å². The van der Waals surface area contributed by atoms with Gasteiger partial charge in [-0.2, -0.15) is 4.31 Å². The highest BCUT2D eigenvalue weighted by Gasteiger charge is 2.38. The lowest BCUT2D eigenvalue weighted by atomic mass is 10.0. The molecule has 2 heterocycles. The third-order valence-electron chi connectivity index (χ3n) is 5.84. The number of hydrogen-bond acceptors (Lipinski definition) is 6. The quantitative estimate of drug-likeness (QED) is 0.709. The van der Waals surface area contributed by atoms with Gasteiger partial charge in [-0.1, -0.05) is 26.0 Å². The van der Waals surface area contributed by atoms with E-state index in [9.17, 15) is 18.3 Å². The topological polar surface area (TPSA) is 100 Å². The van der Waals surface area contributed by atoms with Crippen molar-refractivity contribution in [2.75, 3.05) is 26.7 Å². The van der Waals surface area contributed by atoms with E-state index in [0.29, 0.717) is 13.0 Å². The summed E-state index contributed by atoms with van der Waals surface area (Å²) in [5.74, 6) is -0.00290. The summed E-state index contributed by atoms with van der Waals surface area (Å²) in [5, 5.41) is 9.73. The zero-order valence-electron chi connectivity index (χ0n) is 18.9. The Morgan fingerprint density at radius 3 is 2.72 bits per heavy atom. The summed E-state index contributed by atoms with van der Waals surface area (Å²) >= 11 is 0. The van der Waals surface area contributed by atoms with Gasteiger partial charge in [-0.3, -0.25) is 9.78 Å². The molecule has 1 aromatic carbocycles. The van der Waals surface area contributed by atoms with Crippen molar-refractivity contribution in [1.29, 1.82) is 0 Å². The molecule has 0 spiro atoms. The molecule has 174 valence electrons. The van der Waals surface area contributed by atoms with E-state index in [1.165, 1.54) is 10.4 Å². The molecule has 32 heavy (non-hydrogen) atoms. The molecule has 0 saturated heterocycles. The lowest BCUT2D eigenvalue weighted by Gasteiger charge is -2.37. The number of fused-ring (bicyclic) bond motifs is 1. The molecule has 1 aliphatic heterocycles. The van der Waals surface area contributed by atoms with Crippen LogP contribution in [0.4, 0.5) is 0 Å². The van der Waals surface area contributed by atoms with E-state index in [0.717, 1.165) is 11.1 Å². The maximum Gasteiger partial charge on any atom is 0.247 e. The highest BCUT2D eigenvalue weighted by Crippen LogP contribution is 2.36. The van der Waals surface area contributed by atoms with Gasteiger partial charge in [0.2, 0.25) is 15.9 Å². The molecule has 1 N–H and O–H groups in total. The van der Waals surface area contributed by atoms with Crippen LogP contribution in [0.3, 0.4) is 0 Å². The fourth-order valence-electron chi connectivity index (χ4n) is 3.80. The smallest absolute Gasteiger partial charge is 0.247 e. The van der Waals surface area contributed by atoms with Gasteiger partial charge in [0.05, 0.1) is 13.2 Å². The average molecular weight is 462 g/mol. The Hall–Kier alpha value is -2.49. The molecule has 0 fully saturated rings. The average Bonchev–Trinajstić information content (AvgIpc) is 2.80. The Morgan fingerprint density at radius 2 is 2.09 bits per heavy atom. The number of likely N-dealkylation sites (N-methyl/N-ethyl adjacent to an activating group) is 1. The van der Waals surface area contributed by atoms with Crippen molar-refractivity contribution in [2.45, 2.75) is 44.2 Å². The highest BCUT2D eigenvalue weighted by molar-refractivity contribution is 7.89. The maximum absolute atomic E-state index is 13.5. The molecule has 3 rings (SSSR count). The number of aliphatic hydroxyl groups excluding tert-OH is 1. The summed E-state index contributed by atoms with van der Waals surface area (Å²) < 4.78 is 34.6. The predicted octanol–water partition coefficient (Wildman–Crippen LogP) is 2.39. The molecule has 2 aromatic rings. The molecule has 0 aliphatic carbocycles. The zero-order valence-corrected chi connectivity index (χ0v) is 19.7. The minimum atomic E-state index is -3.91. The van der Waals surface area contributed by atoms with Crippen LogP contribution in [0.1, 0.15) is 27.2 Å². The molecular weight excluding hydrogens is 430 g/mol. The van der Waals surface area contributed by atoms with Gasteiger partial charge < -0.3 is 14.7 Å². The summed E-state index contributed by atoms with van der Waals surface area (Å²) in [6, 6.07) is 8.08. The van der Waals surface area contributed by atoms with Gasteiger partial charge in [0.15, 0.2) is 0 Å². The first-order valence-electron chi connectivity index (χ1n) is 10.8. The van der Waals surface area contributed by atoms with E-state index < -0.39 is 22.2 Å². The Morgan fingerprint density at radius 1 is 1.34 bits per heavy atom. The van der Waals surface area contributed by atoms with Crippen LogP contribution in [0.15, 0.2) is 47.6 Å². The molecule has 9 heteroatoms. The Labute approximate surface area is 189 Å². The molecule has 0 bridgehead atoms. The van der Waals surface area contributed by atoms with Crippen LogP contribution >= 0.6 is 0 Å². The summed E-state index contributed by atoms with van der Waals surface area (Å²) in [7, 11) is -2.19. The van der Waals surface area contributed by atoms with Crippen molar-refractivity contribution in [1.82, 2.24) is 14.2 Å². The number of hydrogen-bond donors (Lipinski definition) is 1. The van der Waals surface area contributed by atoms with Gasteiger partial charge in [0.25, 0.3) is 0 Å². The van der Waals surface area contributed by atoms with Gasteiger partial charge in [-0.05, 0) is 30.7 Å². The van der Waals surface area contributed by atoms with Gasteiger partial charge in [0.1, 0.15) is 16.7 Å². The minimum Gasteiger partial charge on any atom is -0.487 e. The standard InChI is InChI=1S/C23H31N3O5S/c1-5-23(28)25(4)14-21-16(2)13-26(17(3)15-27)32(29,30)22-9-8-18(11-20(22)31-21)19-7-6-10-24-12-19/h6-12,16-17,21,27H,5,13-15H2,1-4H3/t16-,17+,21-/m1/s1. The lowest BCUT2D eigenvalue weighted by Crippen LogP contribution is -2.50. The number of nitrogens with zero attached hydrogens (tertiary/aromatic N) is 3. The Bertz CT molecular complexity index is 1040. The Kier molecular flexibility index (Phi) is 7.53. The second-order valence-electron chi connectivity index (χ2n) is 8.27. The summed E-state index contributed by atoms with van der Waals surface area (Å²) in [6.45, 7) is 5.58. The second kappa shape index (κ2) is 9.97. The number of aliphatic hydroxyl groups is 1. The van der Waals surface area contributed by atoms with Crippen LogP contribution in [-0.4, -0.2) is 72.5 Å². The monoisotopic (exact) mass is 461 g/mol. The molecule has 8 nitrogen and oxygen atoms in total. The van der Waals surface area contributed by atoms with Crippen molar-refractivity contribution in [3.05, 3.63) is 42.7 Å². The van der Waals surface area contributed by atoms with Crippen molar-refractivity contribution in [3.8, 4) is 16.9 Å². The van der Waals surface area contributed by atoms with Gasteiger partial charge >= 0.3 is 0 Å². The van der Waals surface area contributed by atoms with Crippen molar-refractivity contribution in [3.63, 3.8) is 0 Å². The number of pyridine rings is 1. The molecule has 1 aliphatic rings. The molecule has 0 saturated carbocycles. The fourth-order valence-corrected chi connectivity index (χ4v) is 5.62. The van der Waals surface area contributed by atoms with Gasteiger partial charge in [0, 0.05) is 49.9 Å². The third-order valence-corrected chi connectivity index (χ3v) is 7.86. The minimum absolute atomic E-state index is 0.0135. The first-order valence-corrected chi connectivity index (χ1v) is 12.2. The lowest BCUT2D eigenvalue weighted by molar-refractivity contribution is -0.131. The first-order chi connectivity index (χ1) is 15.2. The number of aromatic nitrogens is 1. The molecular formula is C23H31N3O5S. The molecule has 0 unspecified atom stereocenters. The fraction of sp³-hybridized carbons (Fsp3) is 0.478. The molecule has 1 aromatic heterocycles. The number of rotatable bonds is 6. The molecule has 0 radical (unpaired) electrons. The zero-order chi connectivity index (χ0) is 23.5. The van der Waals surface area contributed by atoms with Crippen LogP contribution in [-0.2, 0) is 14.8 Å². The maximum atomic E-state index is 13.5. The van der Waals surface area contributed by atoms with E-state index in [1.54, 1.807) is 50.3 Å². The van der Waals surface area contributed by atoms with Crippen LogP contribution < -0.4 is 4.74 Å². The van der Waals surface area contributed by atoms with E-state index in [4.69, 9.17) is 4.74 Å². The summed E-state index contributed by atoms with van der Waals surface area (Å²) in [6.07, 6.45) is 3.32. The van der Waals surface area contributed by atoms with Crippen molar-refractivity contribution in [2.24, 2.45) is 5.92 Å². The normalized spacial score (nSPS) is 21.5. The van der Waals surface area contributed by atoms with Crippen molar-refractivity contribution < 1.29 is 23.1 Å². The third kappa shape index (κ3) is 4.95. The summed E-state index contributed by atoms with van der Waals surface area (Å²) in [5.41, 5.74) is 1.61. The van der Waals surface area contributed by atoms with Crippen LogP contribution in [0.2, 0.25) is 0 Å². The van der Waals surface area contributed by atoms with E-state index in [-0.39, 0.29) is 35.6 Å². The number of benzene rings is 1. The van der Waals surface area contributed by atoms with Crippen molar-refractivity contribution >= 4 is 15.9 Å². The van der Waals surface area contributed by atoms with E-state index in [1.807, 2.05) is 19.1 Å². The molecule has 3 atom stereocenters. The first kappa shape index (κ1) is 24.2. The number of carbonyl (C=O) groups excluding carboxylic acids is 1. The Balaban J connectivity index is 2.11. The number of ether oxygens (including phenoxy) is 1. The largest absolute Gasteiger partial charge is 0.487 e.